The largest absolute Gasteiger partial charge is 0.497 e. The monoisotopic (exact) mass is 264 g/mol. The Morgan fingerprint density at radius 2 is 1.90 bits per heavy atom. The van der Waals surface area contributed by atoms with E-state index in [0.717, 1.165) is 28.0 Å². The summed E-state index contributed by atoms with van der Waals surface area (Å²) in [5.74, 6) is 1.71. The Kier molecular flexibility index (Phi) is 3.25. The van der Waals surface area contributed by atoms with Gasteiger partial charge in [0.25, 0.3) is 0 Å². The van der Waals surface area contributed by atoms with Gasteiger partial charge in [-0.3, -0.25) is 0 Å². The Balaban J connectivity index is 2.06. The molecule has 0 aliphatic heterocycles. The maximum absolute atomic E-state index is 5.26. The number of aromatic nitrogens is 1. The number of hydrogen-bond acceptors (Lipinski definition) is 3. The lowest BCUT2D eigenvalue weighted by atomic mass is 10.1. The number of fused-ring (bicyclic) bond motifs is 1. The molecule has 0 atom stereocenters. The summed E-state index contributed by atoms with van der Waals surface area (Å²) < 4.78 is 5.26. The van der Waals surface area contributed by atoms with E-state index in [1.165, 1.54) is 5.56 Å². The van der Waals surface area contributed by atoms with Gasteiger partial charge in [0.1, 0.15) is 11.6 Å². The number of anilines is 2. The molecule has 20 heavy (non-hydrogen) atoms. The number of methoxy groups -OCH3 is 1. The number of pyridine rings is 1. The van der Waals surface area contributed by atoms with Gasteiger partial charge in [-0.1, -0.05) is 18.2 Å². The third kappa shape index (κ3) is 2.30. The molecule has 1 aromatic heterocycles. The average molecular weight is 264 g/mol. The highest BCUT2D eigenvalue weighted by molar-refractivity contribution is 5.94. The zero-order valence-electron chi connectivity index (χ0n) is 11.6. The van der Waals surface area contributed by atoms with Crippen LogP contribution in [0, 0.1) is 6.92 Å². The second-order valence-electron chi connectivity index (χ2n) is 4.69. The van der Waals surface area contributed by atoms with Crippen LogP contribution in [0.1, 0.15) is 5.56 Å². The number of aryl methyl sites for hydroxylation is 1. The van der Waals surface area contributed by atoms with Gasteiger partial charge in [-0.2, -0.15) is 0 Å². The summed E-state index contributed by atoms with van der Waals surface area (Å²) in [4.78, 5) is 4.45. The lowest BCUT2D eigenvalue weighted by Gasteiger charge is -2.11. The Morgan fingerprint density at radius 3 is 2.70 bits per heavy atom. The Labute approximate surface area is 118 Å². The summed E-state index contributed by atoms with van der Waals surface area (Å²) in [5, 5.41) is 5.59. The number of rotatable bonds is 3. The standard InChI is InChI=1S/C17H16N2O/c1-12-5-3-4-6-16(12)19-17-15-8-7-14(20-2)11-13(15)9-10-18-17/h3-11H,1-2H3,(H,18,19). The molecule has 0 radical (unpaired) electrons. The molecule has 1 N–H and O–H groups in total. The normalized spacial score (nSPS) is 10.5. The van der Waals surface area contributed by atoms with Gasteiger partial charge in [-0.15, -0.1) is 0 Å². The van der Waals surface area contributed by atoms with E-state index in [9.17, 15) is 0 Å². The van der Waals surface area contributed by atoms with Crippen molar-refractivity contribution in [2.24, 2.45) is 0 Å². The van der Waals surface area contributed by atoms with Gasteiger partial charge in [0.05, 0.1) is 7.11 Å². The van der Waals surface area contributed by atoms with Crippen LogP contribution < -0.4 is 10.1 Å². The molecule has 3 aromatic rings. The highest BCUT2D eigenvalue weighted by Crippen LogP contribution is 2.28. The van der Waals surface area contributed by atoms with Crippen molar-refractivity contribution in [3.63, 3.8) is 0 Å². The summed E-state index contributed by atoms with van der Waals surface area (Å²) in [5.41, 5.74) is 2.27. The molecule has 3 rings (SSSR count). The van der Waals surface area contributed by atoms with Gasteiger partial charge < -0.3 is 10.1 Å². The molecule has 2 aromatic carbocycles. The lowest BCUT2D eigenvalue weighted by Crippen LogP contribution is -1.96. The van der Waals surface area contributed by atoms with Crippen LogP contribution in [0.4, 0.5) is 11.5 Å². The van der Waals surface area contributed by atoms with Crippen LogP contribution in [-0.2, 0) is 0 Å². The minimum atomic E-state index is 0.852. The third-order valence-corrected chi connectivity index (χ3v) is 3.37. The van der Waals surface area contributed by atoms with Crippen LogP contribution in [0.15, 0.2) is 54.7 Å². The lowest BCUT2D eigenvalue weighted by molar-refractivity contribution is 0.415. The predicted molar refractivity (Wildman–Crippen MR) is 82.8 cm³/mol. The summed E-state index contributed by atoms with van der Waals surface area (Å²) in [7, 11) is 1.68. The zero-order valence-corrected chi connectivity index (χ0v) is 11.6. The number of nitrogens with zero attached hydrogens (tertiary/aromatic N) is 1. The van der Waals surface area contributed by atoms with Gasteiger partial charge in [-0.25, -0.2) is 4.98 Å². The van der Waals surface area contributed by atoms with Crippen molar-refractivity contribution >= 4 is 22.3 Å². The first-order valence-corrected chi connectivity index (χ1v) is 6.53. The third-order valence-electron chi connectivity index (χ3n) is 3.37. The van der Waals surface area contributed by atoms with Crippen LogP contribution in [-0.4, -0.2) is 12.1 Å². The van der Waals surface area contributed by atoms with Crippen molar-refractivity contribution < 1.29 is 4.74 Å². The van der Waals surface area contributed by atoms with E-state index < -0.39 is 0 Å². The summed E-state index contributed by atoms with van der Waals surface area (Å²) in [6.07, 6.45) is 1.81. The molecular formula is C17H16N2O. The van der Waals surface area contributed by atoms with Crippen LogP contribution in [0.3, 0.4) is 0 Å². The Morgan fingerprint density at radius 1 is 1.05 bits per heavy atom. The zero-order chi connectivity index (χ0) is 13.9. The van der Waals surface area contributed by atoms with Crippen molar-refractivity contribution in [1.82, 2.24) is 4.98 Å². The number of para-hydroxylation sites is 1. The van der Waals surface area contributed by atoms with Gasteiger partial charge in [0.15, 0.2) is 0 Å². The molecule has 0 spiro atoms. The fourth-order valence-corrected chi connectivity index (χ4v) is 2.22. The minimum Gasteiger partial charge on any atom is -0.497 e. The maximum atomic E-state index is 5.26. The molecule has 1 heterocycles. The van der Waals surface area contributed by atoms with Gasteiger partial charge in [0.2, 0.25) is 0 Å². The van der Waals surface area contributed by atoms with E-state index in [2.05, 4.69) is 29.4 Å². The smallest absolute Gasteiger partial charge is 0.138 e. The first kappa shape index (κ1) is 12.5. The quantitative estimate of drug-likeness (QED) is 0.766. The van der Waals surface area contributed by atoms with Gasteiger partial charge in [0, 0.05) is 17.3 Å². The second kappa shape index (κ2) is 5.21. The van der Waals surface area contributed by atoms with Crippen molar-refractivity contribution in [2.75, 3.05) is 12.4 Å². The van der Waals surface area contributed by atoms with E-state index in [-0.39, 0.29) is 0 Å². The van der Waals surface area contributed by atoms with E-state index in [0.29, 0.717) is 0 Å². The molecule has 0 bridgehead atoms. The van der Waals surface area contributed by atoms with Crippen LogP contribution in [0.5, 0.6) is 5.75 Å². The molecule has 3 nitrogen and oxygen atoms in total. The molecule has 3 heteroatoms. The van der Waals surface area contributed by atoms with Crippen molar-refractivity contribution in [3.8, 4) is 5.75 Å². The molecule has 0 saturated heterocycles. The molecule has 0 aliphatic rings. The average Bonchev–Trinajstić information content (AvgIpc) is 2.49. The first-order chi connectivity index (χ1) is 9.78. The molecule has 100 valence electrons. The van der Waals surface area contributed by atoms with E-state index >= 15 is 0 Å². The number of ether oxygens (including phenoxy) is 1. The Bertz CT molecular complexity index is 753. The van der Waals surface area contributed by atoms with Crippen molar-refractivity contribution in [2.45, 2.75) is 6.92 Å². The van der Waals surface area contributed by atoms with Gasteiger partial charge >= 0.3 is 0 Å². The number of benzene rings is 2. The highest BCUT2D eigenvalue weighted by Gasteiger charge is 2.05. The molecule has 0 fully saturated rings. The van der Waals surface area contributed by atoms with Crippen LogP contribution in [0.2, 0.25) is 0 Å². The van der Waals surface area contributed by atoms with Gasteiger partial charge in [-0.05, 0) is 48.2 Å². The minimum absolute atomic E-state index is 0.852. The van der Waals surface area contributed by atoms with Crippen molar-refractivity contribution in [3.05, 3.63) is 60.3 Å². The molecule has 0 saturated carbocycles. The second-order valence-corrected chi connectivity index (χ2v) is 4.69. The SMILES string of the molecule is COc1ccc2c(Nc3ccccc3C)nccc2c1. The fourth-order valence-electron chi connectivity index (χ4n) is 2.22. The van der Waals surface area contributed by atoms with Crippen LogP contribution in [0.25, 0.3) is 10.8 Å². The molecular weight excluding hydrogens is 248 g/mol. The highest BCUT2D eigenvalue weighted by atomic mass is 16.5. The maximum Gasteiger partial charge on any atom is 0.138 e. The van der Waals surface area contributed by atoms with E-state index in [1.807, 2.05) is 42.6 Å². The van der Waals surface area contributed by atoms with E-state index in [4.69, 9.17) is 4.74 Å². The molecule has 0 amide bonds. The van der Waals surface area contributed by atoms with Crippen molar-refractivity contribution in [1.29, 1.82) is 0 Å². The Hall–Kier alpha value is -2.55. The summed E-state index contributed by atoms with van der Waals surface area (Å²) in [6, 6.07) is 16.2. The number of hydrogen-bond donors (Lipinski definition) is 1. The predicted octanol–water partition coefficient (Wildman–Crippen LogP) is 4.30. The molecule has 0 aliphatic carbocycles. The topological polar surface area (TPSA) is 34.1 Å². The first-order valence-electron chi connectivity index (χ1n) is 6.53. The number of nitrogens with one attached hydrogen (secondary N) is 1. The summed E-state index contributed by atoms with van der Waals surface area (Å²) in [6.45, 7) is 2.08. The van der Waals surface area contributed by atoms with Crippen LogP contribution >= 0.6 is 0 Å². The fraction of sp³-hybridized carbons (Fsp3) is 0.118. The summed E-state index contributed by atoms with van der Waals surface area (Å²) >= 11 is 0. The van der Waals surface area contributed by atoms with E-state index in [1.54, 1.807) is 7.11 Å². The molecule has 0 unspecified atom stereocenters.